The van der Waals surface area contributed by atoms with Crippen molar-refractivity contribution in [1.29, 1.82) is 0 Å². The molecule has 1 N–H and O–H groups in total. The van der Waals surface area contributed by atoms with E-state index in [2.05, 4.69) is 0 Å². The Morgan fingerprint density at radius 3 is 2.38 bits per heavy atom. The van der Waals surface area contributed by atoms with Gasteiger partial charge in [0.05, 0.1) is 18.3 Å². The Morgan fingerprint density at radius 1 is 1.46 bits per heavy atom. The molecule has 0 aromatic carbocycles. The van der Waals surface area contributed by atoms with Gasteiger partial charge in [0.25, 0.3) is 0 Å². The van der Waals surface area contributed by atoms with Crippen molar-refractivity contribution < 1.29 is 19.4 Å². The molecule has 0 saturated heterocycles. The highest BCUT2D eigenvalue weighted by atomic mass is 16.6. The molecule has 0 aliphatic rings. The largest absolute Gasteiger partial charge is 0.480 e. The van der Waals surface area contributed by atoms with E-state index < -0.39 is 5.97 Å². The summed E-state index contributed by atoms with van der Waals surface area (Å²) in [6, 6.07) is 0. The Hall–Kier alpha value is -0.610. The number of hydrogen-bond donors (Lipinski definition) is 1. The number of carboxylic acid groups (broad SMARTS) is 1. The molecular weight excluding hydrogens is 172 g/mol. The van der Waals surface area contributed by atoms with Gasteiger partial charge in [0.15, 0.2) is 0 Å². The molecule has 4 heteroatoms. The van der Waals surface area contributed by atoms with Gasteiger partial charge in [0.1, 0.15) is 6.61 Å². The normalized spacial score (nSPS) is 14.2. The zero-order valence-electron chi connectivity index (χ0n) is 8.66. The summed E-state index contributed by atoms with van der Waals surface area (Å²) in [5.41, 5.74) is -0.207. The van der Waals surface area contributed by atoms with Crippen molar-refractivity contribution in [1.82, 2.24) is 0 Å². The first-order chi connectivity index (χ1) is 5.81. The fourth-order valence-electron chi connectivity index (χ4n) is 0.629. The van der Waals surface area contributed by atoms with Crippen LogP contribution in [0.25, 0.3) is 0 Å². The maximum Gasteiger partial charge on any atom is 0.329 e. The fraction of sp³-hybridized carbons (Fsp3) is 0.889. The standard InChI is InChI=1S/C9H18O4/c1-7(12-6-8(10)11)5-13-9(2,3)4/h7H,5-6H2,1-4H3,(H,10,11). The molecule has 0 aromatic rings. The Morgan fingerprint density at radius 2 is 2.00 bits per heavy atom. The SMILES string of the molecule is CC(COC(C)(C)C)OCC(=O)O. The second-order valence-corrected chi connectivity index (χ2v) is 3.94. The quantitative estimate of drug-likeness (QED) is 0.709. The fourth-order valence-corrected chi connectivity index (χ4v) is 0.629. The molecule has 0 aromatic heterocycles. The molecule has 0 spiro atoms. The third kappa shape index (κ3) is 9.30. The third-order valence-corrected chi connectivity index (χ3v) is 1.24. The van der Waals surface area contributed by atoms with Crippen LogP contribution in [0.15, 0.2) is 0 Å². The predicted octanol–water partition coefficient (Wildman–Crippen LogP) is 1.29. The summed E-state index contributed by atoms with van der Waals surface area (Å²) in [6.45, 7) is 7.75. The van der Waals surface area contributed by atoms with Crippen molar-refractivity contribution in [3.8, 4) is 0 Å². The van der Waals surface area contributed by atoms with Crippen LogP contribution in [0.5, 0.6) is 0 Å². The minimum absolute atomic E-state index is 0.185. The summed E-state index contributed by atoms with van der Waals surface area (Å²) >= 11 is 0. The molecule has 0 aliphatic carbocycles. The highest BCUT2D eigenvalue weighted by Gasteiger charge is 2.13. The Labute approximate surface area is 78.8 Å². The lowest BCUT2D eigenvalue weighted by Gasteiger charge is -2.22. The summed E-state index contributed by atoms with van der Waals surface area (Å²) in [4.78, 5) is 10.1. The average molecular weight is 190 g/mol. The first-order valence-electron chi connectivity index (χ1n) is 4.28. The van der Waals surface area contributed by atoms with Crippen molar-refractivity contribution in [3.63, 3.8) is 0 Å². The van der Waals surface area contributed by atoms with Gasteiger partial charge in [-0.3, -0.25) is 0 Å². The molecule has 4 nitrogen and oxygen atoms in total. The summed E-state index contributed by atoms with van der Waals surface area (Å²) < 4.78 is 10.4. The third-order valence-electron chi connectivity index (χ3n) is 1.24. The van der Waals surface area contributed by atoms with E-state index in [4.69, 9.17) is 14.6 Å². The van der Waals surface area contributed by atoms with E-state index in [-0.39, 0.29) is 18.3 Å². The Kier molecular flexibility index (Phi) is 4.95. The van der Waals surface area contributed by atoms with E-state index in [1.165, 1.54) is 0 Å². The van der Waals surface area contributed by atoms with Gasteiger partial charge >= 0.3 is 5.97 Å². The van der Waals surface area contributed by atoms with E-state index in [0.29, 0.717) is 6.61 Å². The van der Waals surface area contributed by atoms with Crippen LogP contribution in [-0.4, -0.2) is 36.0 Å². The molecule has 0 fully saturated rings. The van der Waals surface area contributed by atoms with Crippen LogP contribution in [-0.2, 0) is 14.3 Å². The molecule has 1 atom stereocenters. The van der Waals surface area contributed by atoms with Crippen molar-refractivity contribution in [3.05, 3.63) is 0 Å². The van der Waals surface area contributed by atoms with E-state index in [1.54, 1.807) is 6.92 Å². The van der Waals surface area contributed by atoms with Crippen molar-refractivity contribution in [2.24, 2.45) is 0 Å². The van der Waals surface area contributed by atoms with Gasteiger partial charge in [-0.25, -0.2) is 4.79 Å². The molecule has 0 heterocycles. The van der Waals surface area contributed by atoms with Crippen LogP contribution in [0.2, 0.25) is 0 Å². The molecule has 0 aliphatic heterocycles. The number of carbonyl (C=O) groups is 1. The Bertz CT molecular complexity index is 159. The van der Waals surface area contributed by atoms with Gasteiger partial charge in [-0.05, 0) is 27.7 Å². The molecule has 13 heavy (non-hydrogen) atoms. The molecule has 0 saturated carbocycles. The number of aliphatic carboxylic acids is 1. The maximum absolute atomic E-state index is 10.1. The molecule has 0 amide bonds. The first kappa shape index (κ1) is 12.4. The van der Waals surface area contributed by atoms with Crippen LogP contribution < -0.4 is 0 Å². The lowest BCUT2D eigenvalue weighted by Crippen LogP contribution is -2.27. The minimum atomic E-state index is -0.956. The topological polar surface area (TPSA) is 55.8 Å². The molecule has 1 unspecified atom stereocenters. The lowest BCUT2D eigenvalue weighted by molar-refractivity contribution is -0.146. The highest BCUT2D eigenvalue weighted by Crippen LogP contribution is 2.07. The molecule has 0 bridgehead atoms. The molecule has 78 valence electrons. The van der Waals surface area contributed by atoms with Crippen molar-refractivity contribution in [2.75, 3.05) is 13.2 Å². The van der Waals surface area contributed by atoms with Gasteiger partial charge < -0.3 is 14.6 Å². The molecule has 0 radical (unpaired) electrons. The van der Waals surface area contributed by atoms with E-state index in [9.17, 15) is 4.79 Å². The van der Waals surface area contributed by atoms with E-state index in [0.717, 1.165) is 0 Å². The zero-order chi connectivity index (χ0) is 10.5. The zero-order valence-corrected chi connectivity index (χ0v) is 8.66. The minimum Gasteiger partial charge on any atom is -0.480 e. The van der Waals surface area contributed by atoms with Gasteiger partial charge in [-0.2, -0.15) is 0 Å². The first-order valence-corrected chi connectivity index (χ1v) is 4.28. The van der Waals surface area contributed by atoms with Crippen molar-refractivity contribution in [2.45, 2.75) is 39.4 Å². The maximum atomic E-state index is 10.1. The summed E-state index contributed by atoms with van der Waals surface area (Å²) in [7, 11) is 0. The van der Waals surface area contributed by atoms with E-state index in [1.807, 2.05) is 20.8 Å². The van der Waals surface area contributed by atoms with Gasteiger partial charge in [0.2, 0.25) is 0 Å². The van der Waals surface area contributed by atoms with Gasteiger partial charge in [-0.15, -0.1) is 0 Å². The monoisotopic (exact) mass is 190 g/mol. The second kappa shape index (κ2) is 5.19. The van der Waals surface area contributed by atoms with Gasteiger partial charge in [-0.1, -0.05) is 0 Å². The van der Waals surface area contributed by atoms with Crippen LogP contribution in [0.4, 0.5) is 0 Å². The number of ether oxygens (including phenoxy) is 2. The second-order valence-electron chi connectivity index (χ2n) is 3.94. The average Bonchev–Trinajstić information content (AvgIpc) is 1.95. The van der Waals surface area contributed by atoms with Crippen LogP contribution >= 0.6 is 0 Å². The smallest absolute Gasteiger partial charge is 0.329 e. The predicted molar refractivity (Wildman–Crippen MR) is 48.8 cm³/mol. The number of rotatable bonds is 5. The highest BCUT2D eigenvalue weighted by molar-refractivity contribution is 5.68. The molecular formula is C9H18O4. The van der Waals surface area contributed by atoms with Crippen molar-refractivity contribution >= 4 is 5.97 Å². The summed E-state index contributed by atoms with van der Waals surface area (Å²) in [5, 5.41) is 8.32. The number of hydrogen-bond acceptors (Lipinski definition) is 3. The van der Waals surface area contributed by atoms with Gasteiger partial charge in [0, 0.05) is 0 Å². The summed E-state index contributed by atoms with van der Waals surface area (Å²) in [6.07, 6.45) is -0.185. The molecule has 0 rings (SSSR count). The van der Waals surface area contributed by atoms with Crippen LogP contribution in [0.3, 0.4) is 0 Å². The summed E-state index contributed by atoms with van der Waals surface area (Å²) in [5.74, 6) is -0.956. The van der Waals surface area contributed by atoms with E-state index >= 15 is 0 Å². The lowest BCUT2D eigenvalue weighted by atomic mass is 10.2. The Balaban J connectivity index is 3.52. The van der Waals surface area contributed by atoms with Crippen LogP contribution in [0, 0.1) is 0 Å². The number of carboxylic acids is 1. The van der Waals surface area contributed by atoms with Crippen LogP contribution in [0.1, 0.15) is 27.7 Å².